The Morgan fingerprint density at radius 1 is 1.00 bits per heavy atom. The first-order chi connectivity index (χ1) is 13.9. The highest BCUT2D eigenvalue weighted by Crippen LogP contribution is 2.13. The zero-order valence-corrected chi connectivity index (χ0v) is 16.7. The van der Waals surface area contributed by atoms with Crippen LogP contribution in [0.15, 0.2) is 78.3 Å². The Bertz CT molecular complexity index is 1110. The van der Waals surface area contributed by atoms with Gasteiger partial charge in [-0.2, -0.15) is 0 Å². The summed E-state index contributed by atoms with van der Waals surface area (Å²) in [5.74, 6) is -0.256. The zero-order chi connectivity index (χ0) is 20.7. The van der Waals surface area contributed by atoms with E-state index in [1.807, 2.05) is 49.4 Å². The van der Waals surface area contributed by atoms with Crippen molar-refractivity contribution in [3.63, 3.8) is 0 Å². The lowest BCUT2D eigenvalue weighted by atomic mass is 10.2. The predicted molar refractivity (Wildman–Crippen MR) is 115 cm³/mol. The molecule has 1 aromatic heterocycles. The van der Waals surface area contributed by atoms with E-state index in [-0.39, 0.29) is 5.91 Å². The number of aryl methyl sites for hydroxylation is 1. The van der Waals surface area contributed by atoms with E-state index in [1.165, 1.54) is 6.08 Å². The number of hydrogen-bond donors (Lipinski definition) is 2. The molecule has 0 unspecified atom stereocenters. The number of benzene rings is 2. The molecule has 0 atom stereocenters. The van der Waals surface area contributed by atoms with Crippen molar-refractivity contribution < 1.29 is 13.2 Å². The fourth-order valence-electron chi connectivity index (χ4n) is 2.59. The van der Waals surface area contributed by atoms with Crippen LogP contribution in [0.1, 0.15) is 27.2 Å². The summed E-state index contributed by atoms with van der Waals surface area (Å²) in [5, 5.41) is 3.92. The van der Waals surface area contributed by atoms with Crippen LogP contribution in [0, 0.1) is 6.92 Å². The van der Waals surface area contributed by atoms with Crippen LogP contribution in [0.25, 0.3) is 6.08 Å². The Morgan fingerprint density at radius 2 is 1.72 bits per heavy atom. The van der Waals surface area contributed by atoms with E-state index in [0.717, 1.165) is 22.2 Å². The van der Waals surface area contributed by atoms with E-state index in [9.17, 15) is 13.2 Å². The van der Waals surface area contributed by atoms with Crippen molar-refractivity contribution in [3.05, 3.63) is 101 Å². The van der Waals surface area contributed by atoms with Crippen molar-refractivity contribution in [3.8, 4) is 0 Å². The molecule has 3 aromatic rings. The Hall–Kier alpha value is -3.45. The van der Waals surface area contributed by atoms with Crippen LogP contribution in [0.5, 0.6) is 0 Å². The van der Waals surface area contributed by atoms with Crippen LogP contribution in [-0.4, -0.2) is 19.3 Å². The Kier molecular flexibility index (Phi) is 6.41. The Morgan fingerprint density at radius 3 is 2.41 bits per heavy atom. The SMILES string of the molecule is Cc1cccnc1CNC(=O)c1ccc(NS(=O)(=O)/C=C/c2ccccc2)cc1. The molecule has 0 aliphatic heterocycles. The summed E-state index contributed by atoms with van der Waals surface area (Å²) in [6.07, 6.45) is 3.20. The number of rotatable bonds is 7. The largest absolute Gasteiger partial charge is 0.346 e. The summed E-state index contributed by atoms with van der Waals surface area (Å²) in [6.45, 7) is 2.26. The minimum Gasteiger partial charge on any atom is -0.346 e. The van der Waals surface area contributed by atoms with Crippen molar-refractivity contribution in [2.75, 3.05) is 4.72 Å². The van der Waals surface area contributed by atoms with E-state index in [1.54, 1.807) is 30.5 Å². The van der Waals surface area contributed by atoms with E-state index in [4.69, 9.17) is 0 Å². The Balaban J connectivity index is 1.60. The first kappa shape index (κ1) is 20.3. The van der Waals surface area contributed by atoms with Crippen LogP contribution < -0.4 is 10.0 Å². The predicted octanol–water partition coefficient (Wildman–Crippen LogP) is 3.73. The van der Waals surface area contributed by atoms with Crippen molar-refractivity contribution in [1.82, 2.24) is 10.3 Å². The van der Waals surface area contributed by atoms with Gasteiger partial charge in [0.2, 0.25) is 0 Å². The number of aromatic nitrogens is 1. The van der Waals surface area contributed by atoms with Crippen LogP contribution in [0.2, 0.25) is 0 Å². The number of nitrogens with zero attached hydrogens (tertiary/aromatic N) is 1. The van der Waals surface area contributed by atoms with Crippen molar-refractivity contribution in [2.24, 2.45) is 0 Å². The van der Waals surface area contributed by atoms with E-state index in [0.29, 0.717) is 17.8 Å². The quantitative estimate of drug-likeness (QED) is 0.625. The molecule has 0 radical (unpaired) electrons. The van der Waals surface area contributed by atoms with Gasteiger partial charge in [-0.25, -0.2) is 8.42 Å². The molecule has 1 heterocycles. The fraction of sp³-hybridized carbons (Fsp3) is 0.0909. The van der Waals surface area contributed by atoms with Crippen molar-refractivity contribution in [2.45, 2.75) is 13.5 Å². The molecule has 1 amide bonds. The molecule has 2 N–H and O–H groups in total. The average molecular weight is 407 g/mol. The standard InChI is InChI=1S/C22H21N3O3S/c1-17-6-5-14-23-21(17)16-24-22(26)19-9-11-20(12-10-19)25-29(27,28)15-13-18-7-3-2-4-8-18/h2-15,25H,16H2,1H3,(H,24,26)/b15-13+. The van der Waals surface area contributed by atoms with Gasteiger partial charge in [0.25, 0.3) is 15.9 Å². The van der Waals surface area contributed by atoms with Gasteiger partial charge in [0.05, 0.1) is 17.6 Å². The topological polar surface area (TPSA) is 88.2 Å². The normalized spacial score (nSPS) is 11.3. The molecule has 3 rings (SSSR count). The molecule has 6 nitrogen and oxygen atoms in total. The third kappa shape index (κ3) is 6.02. The van der Waals surface area contributed by atoms with E-state index in [2.05, 4.69) is 15.0 Å². The second-order valence-electron chi connectivity index (χ2n) is 6.39. The van der Waals surface area contributed by atoms with Gasteiger partial charge in [-0.05, 0) is 54.5 Å². The summed E-state index contributed by atoms with van der Waals surface area (Å²) < 4.78 is 26.9. The molecule has 148 valence electrons. The minimum atomic E-state index is -3.66. The molecule has 0 saturated carbocycles. The van der Waals surface area contributed by atoms with Gasteiger partial charge < -0.3 is 5.32 Å². The highest BCUT2D eigenvalue weighted by atomic mass is 32.2. The maximum absolute atomic E-state index is 12.3. The first-order valence-electron chi connectivity index (χ1n) is 8.98. The molecule has 0 fully saturated rings. The summed E-state index contributed by atoms with van der Waals surface area (Å²) in [6, 6.07) is 19.2. The molecular formula is C22H21N3O3S. The molecule has 0 saturated heterocycles. The number of nitrogens with one attached hydrogen (secondary N) is 2. The number of amides is 1. The summed E-state index contributed by atoms with van der Waals surface area (Å²) in [5.41, 5.74) is 3.39. The monoisotopic (exact) mass is 407 g/mol. The molecule has 0 aliphatic rings. The minimum absolute atomic E-state index is 0.256. The molecule has 7 heteroatoms. The van der Waals surface area contributed by atoms with Crippen LogP contribution in [-0.2, 0) is 16.6 Å². The lowest BCUT2D eigenvalue weighted by molar-refractivity contribution is 0.0950. The molecule has 0 spiro atoms. The van der Waals surface area contributed by atoms with Gasteiger partial charge in [-0.1, -0.05) is 36.4 Å². The lowest BCUT2D eigenvalue weighted by Gasteiger charge is -2.08. The fourth-order valence-corrected chi connectivity index (χ4v) is 3.46. The van der Waals surface area contributed by atoms with Gasteiger partial charge in [0.1, 0.15) is 0 Å². The second-order valence-corrected chi connectivity index (χ2v) is 7.95. The number of anilines is 1. The van der Waals surface area contributed by atoms with Gasteiger partial charge in [0, 0.05) is 17.4 Å². The number of carbonyl (C=O) groups excluding carboxylic acids is 1. The van der Waals surface area contributed by atoms with E-state index < -0.39 is 10.0 Å². The smallest absolute Gasteiger partial charge is 0.255 e. The van der Waals surface area contributed by atoms with Crippen LogP contribution >= 0.6 is 0 Å². The zero-order valence-electron chi connectivity index (χ0n) is 15.9. The summed E-state index contributed by atoms with van der Waals surface area (Å²) in [7, 11) is -3.66. The maximum Gasteiger partial charge on any atom is 0.255 e. The highest BCUT2D eigenvalue weighted by Gasteiger charge is 2.09. The molecular weight excluding hydrogens is 386 g/mol. The van der Waals surface area contributed by atoms with Gasteiger partial charge in [-0.15, -0.1) is 0 Å². The van der Waals surface area contributed by atoms with Crippen molar-refractivity contribution in [1.29, 1.82) is 0 Å². The van der Waals surface area contributed by atoms with Crippen LogP contribution in [0.4, 0.5) is 5.69 Å². The number of hydrogen-bond acceptors (Lipinski definition) is 4. The Labute approximate surface area is 170 Å². The molecule has 0 bridgehead atoms. The first-order valence-corrected chi connectivity index (χ1v) is 10.5. The van der Waals surface area contributed by atoms with Gasteiger partial charge in [0.15, 0.2) is 0 Å². The molecule has 0 aliphatic carbocycles. The number of sulfonamides is 1. The molecule has 29 heavy (non-hydrogen) atoms. The van der Waals surface area contributed by atoms with Crippen LogP contribution in [0.3, 0.4) is 0 Å². The third-order valence-corrected chi connectivity index (χ3v) is 5.20. The summed E-state index contributed by atoms with van der Waals surface area (Å²) >= 11 is 0. The van der Waals surface area contributed by atoms with Crippen molar-refractivity contribution >= 4 is 27.7 Å². The summed E-state index contributed by atoms with van der Waals surface area (Å²) in [4.78, 5) is 16.5. The second kappa shape index (κ2) is 9.16. The number of carbonyl (C=O) groups is 1. The van der Waals surface area contributed by atoms with Gasteiger partial charge in [-0.3, -0.25) is 14.5 Å². The van der Waals surface area contributed by atoms with Gasteiger partial charge >= 0.3 is 0 Å². The lowest BCUT2D eigenvalue weighted by Crippen LogP contribution is -2.23. The molecule has 2 aromatic carbocycles. The maximum atomic E-state index is 12.3. The third-order valence-electron chi connectivity index (χ3n) is 4.18. The average Bonchev–Trinajstić information content (AvgIpc) is 2.73. The highest BCUT2D eigenvalue weighted by molar-refractivity contribution is 7.95. The number of pyridine rings is 1. The van der Waals surface area contributed by atoms with E-state index >= 15 is 0 Å².